The number of carbonyl (C=O) groups is 1. The van der Waals surface area contributed by atoms with Gasteiger partial charge in [-0.3, -0.25) is 0 Å². The van der Waals surface area contributed by atoms with E-state index >= 15 is 0 Å². The zero-order valence-electron chi connectivity index (χ0n) is 9.40. The summed E-state index contributed by atoms with van der Waals surface area (Å²) in [5, 5.41) is 15.8. The van der Waals surface area contributed by atoms with E-state index in [2.05, 4.69) is 5.32 Å². The third-order valence-corrected chi connectivity index (χ3v) is 3.14. The van der Waals surface area contributed by atoms with Crippen LogP contribution in [-0.2, 0) is 9.53 Å². The molecule has 90 valence electrons. The lowest BCUT2D eigenvalue weighted by atomic mass is 10.0. The van der Waals surface area contributed by atoms with Crippen LogP contribution in [0.3, 0.4) is 0 Å². The first-order valence-electron chi connectivity index (χ1n) is 5.26. The number of hydrogen-bond acceptors (Lipinski definition) is 4. The van der Waals surface area contributed by atoms with Crippen LogP contribution in [0.25, 0.3) is 0 Å². The summed E-state index contributed by atoms with van der Waals surface area (Å²) in [6.45, 7) is 1.87. The minimum Gasteiger partial charge on any atom is -0.478 e. The van der Waals surface area contributed by atoms with Gasteiger partial charge in [0, 0.05) is 16.5 Å². The van der Waals surface area contributed by atoms with Crippen molar-refractivity contribution in [2.75, 3.05) is 0 Å². The number of aliphatic carboxylic acids is 1. The van der Waals surface area contributed by atoms with Gasteiger partial charge in [0.2, 0.25) is 5.88 Å². The highest BCUT2D eigenvalue weighted by atomic mass is 32.2. The molecule has 0 saturated carbocycles. The quantitative estimate of drug-likeness (QED) is 0.807. The minimum absolute atomic E-state index is 0.329. The molecule has 0 unspecified atom stereocenters. The monoisotopic (exact) mass is 251 g/mol. The number of ether oxygens (including phenoxy) is 1. The SMILES string of the molecule is CC1=CSC=C(NC2=CC(C(=O)O)=CCC2)O1. The fraction of sp³-hybridized carbons (Fsp3) is 0.250. The molecule has 0 aromatic carbocycles. The number of allylic oxidation sites excluding steroid dienone is 3. The van der Waals surface area contributed by atoms with Crippen LogP contribution in [0, 0.1) is 0 Å². The van der Waals surface area contributed by atoms with Crippen molar-refractivity contribution in [3.8, 4) is 0 Å². The van der Waals surface area contributed by atoms with Crippen LogP contribution in [-0.4, -0.2) is 11.1 Å². The molecule has 0 aromatic rings. The van der Waals surface area contributed by atoms with E-state index in [1.807, 2.05) is 17.7 Å². The van der Waals surface area contributed by atoms with E-state index in [1.165, 1.54) is 11.8 Å². The van der Waals surface area contributed by atoms with Crippen molar-refractivity contribution < 1.29 is 14.6 Å². The molecule has 2 N–H and O–H groups in total. The standard InChI is InChI=1S/C12H13NO3S/c1-8-6-17-7-11(16-8)13-10-4-2-3-9(5-10)12(14)15/h3,5-7,13H,2,4H2,1H3,(H,14,15). The molecule has 4 nitrogen and oxygen atoms in total. The third kappa shape index (κ3) is 3.17. The molecule has 0 bridgehead atoms. The Morgan fingerprint density at radius 1 is 1.53 bits per heavy atom. The fourth-order valence-corrected chi connectivity index (χ4v) is 2.11. The van der Waals surface area contributed by atoms with Gasteiger partial charge in [0.15, 0.2) is 0 Å². The second kappa shape index (κ2) is 5.14. The maximum absolute atomic E-state index is 10.8. The Balaban J connectivity index is 2.02. The van der Waals surface area contributed by atoms with Gasteiger partial charge < -0.3 is 15.2 Å². The number of nitrogens with one attached hydrogen (secondary N) is 1. The summed E-state index contributed by atoms with van der Waals surface area (Å²) in [6, 6.07) is 0. The molecule has 1 heterocycles. The van der Waals surface area contributed by atoms with E-state index in [0.29, 0.717) is 11.5 Å². The second-order valence-corrected chi connectivity index (χ2v) is 4.49. The zero-order chi connectivity index (χ0) is 12.3. The molecular weight excluding hydrogens is 238 g/mol. The Morgan fingerprint density at radius 3 is 3.06 bits per heavy atom. The molecule has 0 saturated heterocycles. The highest BCUT2D eigenvalue weighted by Gasteiger charge is 2.13. The average molecular weight is 251 g/mol. The van der Waals surface area contributed by atoms with Crippen molar-refractivity contribution in [3.05, 3.63) is 45.9 Å². The average Bonchev–Trinajstić information content (AvgIpc) is 2.29. The molecule has 17 heavy (non-hydrogen) atoms. The van der Waals surface area contributed by atoms with Gasteiger partial charge in [-0.1, -0.05) is 17.8 Å². The Kier molecular flexibility index (Phi) is 3.58. The molecular formula is C12H13NO3S. The maximum atomic E-state index is 10.8. The van der Waals surface area contributed by atoms with Crippen LogP contribution in [0.1, 0.15) is 19.8 Å². The predicted octanol–water partition coefficient (Wildman–Crippen LogP) is 2.69. The molecule has 0 aromatic heterocycles. The molecule has 0 spiro atoms. The highest BCUT2D eigenvalue weighted by molar-refractivity contribution is 8.05. The summed E-state index contributed by atoms with van der Waals surface area (Å²) in [7, 11) is 0. The maximum Gasteiger partial charge on any atom is 0.335 e. The largest absolute Gasteiger partial charge is 0.478 e. The van der Waals surface area contributed by atoms with Crippen molar-refractivity contribution in [1.82, 2.24) is 5.32 Å². The van der Waals surface area contributed by atoms with E-state index in [9.17, 15) is 4.79 Å². The van der Waals surface area contributed by atoms with E-state index in [4.69, 9.17) is 9.84 Å². The van der Waals surface area contributed by atoms with E-state index in [1.54, 1.807) is 12.2 Å². The lowest BCUT2D eigenvalue weighted by Crippen LogP contribution is -2.18. The van der Waals surface area contributed by atoms with Crippen LogP contribution in [0.5, 0.6) is 0 Å². The van der Waals surface area contributed by atoms with E-state index in [-0.39, 0.29) is 0 Å². The number of thioether (sulfide) groups is 1. The van der Waals surface area contributed by atoms with Crippen molar-refractivity contribution in [3.63, 3.8) is 0 Å². The zero-order valence-corrected chi connectivity index (χ0v) is 10.2. The Hall–Kier alpha value is -1.62. The first kappa shape index (κ1) is 11.9. The smallest absolute Gasteiger partial charge is 0.335 e. The van der Waals surface area contributed by atoms with Crippen LogP contribution >= 0.6 is 11.8 Å². The summed E-state index contributed by atoms with van der Waals surface area (Å²) in [4.78, 5) is 10.8. The molecule has 1 aliphatic carbocycles. The van der Waals surface area contributed by atoms with E-state index in [0.717, 1.165) is 24.3 Å². The summed E-state index contributed by atoms with van der Waals surface area (Å²) in [6.07, 6.45) is 4.90. The molecule has 5 heteroatoms. The van der Waals surface area contributed by atoms with Crippen molar-refractivity contribution in [2.45, 2.75) is 19.8 Å². The van der Waals surface area contributed by atoms with Gasteiger partial charge in [-0.2, -0.15) is 0 Å². The molecule has 0 fully saturated rings. The molecule has 0 amide bonds. The highest BCUT2D eigenvalue weighted by Crippen LogP contribution is 2.23. The normalized spacial score (nSPS) is 19.4. The molecule has 2 aliphatic rings. The van der Waals surface area contributed by atoms with Crippen molar-refractivity contribution in [2.24, 2.45) is 0 Å². The fourth-order valence-electron chi connectivity index (χ4n) is 1.58. The lowest BCUT2D eigenvalue weighted by Gasteiger charge is -2.19. The van der Waals surface area contributed by atoms with Gasteiger partial charge in [-0.15, -0.1) is 0 Å². The Labute approximate surface area is 104 Å². The Bertz CT molecular complexity index is 460. The molecule has 0 radical (unpaired) electrons. The van der Waals surface area contributed by atoms with Gasteiger partial charge in [0.1, 0.15) is 5.76 Å². The number of carboxylic acid groups (broad SMARTS) is 1. The van der Waals surface area contributed by atoms with Crippen LogP contribution in [0.4, 0.5) is 0 Å². The summed E-state index contributed by atoms with van der Waals surface area (Å²) < 4.78 is 5.47. The topological polar surface area (TPSA) is 58.6 Å². The van der Waals surface area contributed by atoms with E-state index < -0.39 is 5.97 Å². The van der Waals surface area contributed by atoms with Crippen LogP contribution in [0.2, 0.25) is 0 Å². The number of carboxylic acids is 1. The summed E-state index contributed by atoms with van der Waals surface area (Å²) >= 11 is 1.54. The molecule has 1 aliphatic heterocycles. The van der Waals surface area contributed by atoms with Gasteiger partial charge >= 0.3 is 5.97 Å². The van der Waals surface area contributed by atoms with Crippen LogP contribution < -0.4 is 5.32 Å². The van der Waals surface area contributed by atoms with Crippen LogP contribution in [0.15, 0.2) is 45.9 Å². The minimum atomic E-state index is -0.895. The lowest BCUT2D eigenvalue weighted by molar-refractivity contribution is -0.132. The predicted molar refractivity (Wildman–Crippen MR) is 66.7 cm³/mol. The number of hydrogen-bond donors (Lipinski definition) is 2. The number of rotatable bonds is 3. The summed E-state index contributed by atoms with van der Waals surface area (Å²) in [5.74, 6) is 0.575. The van der Waals surface area contributed by atoms with Gasteiger partial charge in [-0.25, -0.2) is 4.79 Å². The molecule has 2 rings (SSSR count). The first-order chi connectivity index (χ1) is 8.15. The van der Waals surface area contributed by atoms with Crippen molar-refractivity contribution in [1.29, 1.82) is 0 Å². The summed E-state index contributed by atoms with van der Waals surface area (Å²) in [5.41, 5.74) is 1.20. The second-order valence-electron chi connectivity index (χ2n) is 3.75. The third-order valence-electron chi connectivity index (χ3n) is 2.32. The van der Waals surface area contributed by atoms with Gasteiger partial charge in [0.05, 0.1) is 5.57 Å². The van der Waals surface area contributed by atoms with Gasteiger partial charge in [-0.05, 0) is 25.8 Å². The van der Waals surface area contributed by atoms with Gasteiger partial charge in [0.25, 0.3) is 0 Å². The Morgan fingerprint density at radius 2 is 2.35 bits per heavy atom. The molecule has 0 atom stereocenters. The first-order valence-corrected chi connectivity index (χ1v) is 6.21. The van der Waals surface area contributed by atoms with Crippen molar-refractivity contribution >= 4 is 17.7 Å².